The Bertz CT molecular complexity index is 848. The molecule has 0 aliphatic carbocycles. The highest BCUT2D eigenvalue weighted by Gasteiger charge is 2.17. The van der Waals surface area contributed by atoms with Crippen molar-refractivity contribution in [2.24, 2.45) is 0 Å². The van der Waals surface area contributed by atoms with Crippen LogP contribution in [0.25, 0.3) is 16.6 Å². The highest BCUT2D eigenvalue weighted by atomic mass is 19.1. The summed E-state index contributed by atoms with van der Waals surface area (Å²) in [5.41, 5.74) is 2.87. The van der Waals surface area contributed by atoms with Crippen molar-refractivity contribution in [2.75, 3.05) is 13.4 Å². The third-order valence-electron chi connectivity index (χ3n) is 3.83. The van der Waals surface area contributed by atoms with Crippen molar-refractivity contribution in [3.63, 3.8) is 0 Å². The van der Waals surface area contributed by atoms with Crippen LogP contribution >= 0.6 is 0 Å². The lowest BCUT2D eigenvalue weighted by molar-refractivity contribution is 0.0800. The zero-order valence-corrected chi connectivity index (χ0v) is 13.1. The minimum absolute atomic E-state index is 0.245. The van der Waals surface area contributed by atoms with Crippen LogP contribution in [0.3, 0.4) is 0 Å². The molecule has 1 aliphatic rings. The fourth-order valence-electron chi connectivity index (χ4n) is 2.84. The minimum Gasteiger partial charge on any atom is -0.469 e. The fourth-order valence-corrected chi connectivity index (χ4v) is 2.84. The maximum atomic E-state index is 13.7. The number of hydrogen-bond donors (Lipinski definition) is 0. The van der Waals surface area contributed by atoms with Gasteiger partial charge in [0, 0.05) is 22.9 Å². The molecule has 1 aliphatic heterocycles. The molecule has 0 unspecified atom stereocenters. The summed E-state index contributed by atoms with van der Waals surface area (Å²) in [5, 5.41) is 10.2. The van der Waals surface area contributed by atoms with E-state index < -0.39 is 0 Å². The number of allylic oxidation sites excluding steroid dienone is 3. The highest BCUT2D eigenvalue weighted by molar-refractivity contribution is 5.91. The fraction of sp³-hybridized carbons (Fsp3) is 0.278. The molecule has 1 aromatic heterocycles. The van der Waals surface area contributed by atoms with Crippen LogP contribution in [0, 0.1) is 24.1 Å². The number of rotatable bonds is 3. The first-order valence-electron chi connectivity index (χ1n) is 7.48. The van der Waals surface area contributed by atoms with Gasteiger partial charge in [-0.1, -0.05) is 13.0 Å². The molecule has 0 saturated carbocycles. The molecule has 1 fully saturated rings. The molecule has 0 N–H and O–H groups in total. The summed E-state index contributed by atoms with van der Waals surface area (Å²) < 4.78 is 26.2. The second-order valence-electron chi connectivity index (χ2n) is 5.33. The molecule has 1 saturated heterocycles. The summed E-state index contributed by atoms with van der Waals surface area (Å²) in [4.78, 5) is 0. The monoisotopic (exact) mass is 312 g/mol. The van der Waals surface area contributed by atoms with Crippen molar-refractivity contribution in [3.05, 3.63) is 53.2 Å². The number of halogens is 1. The first kappa shape index (κ1) is 15.3. The second kappa shape index (κ2) is 6.27. The molecule has 23 heavy (non-hydrogen) atoms. The van der Waals surface area contributed by atoms with E-state index in [1.165, 1.54) is 12.1 Å². The molecule has 0 radical (unpaired) electrons. The molecule has 0 atom stereocenters. The first-order chi connectivity index (χ1) is 11.2. The van der Waals surface area contributed by atoms with Gasteiger partial charge in [-0.3, -0.25) is 0 Å². The molecule has 4 nitrogen and oxygen atoms in total. The Morgan fingerprint density at radius 1 is 1.48 bits per heavy atom. The summed E-state index contributed by atoms with van der Waals surface area (Å²) in [6, 6.07) is 6.71. The van der Waals surface area contributed by atoms with Gasteiger partial charge in [0.15, 0.2) is 6.79 Å². The van der Waals surface area contributed by atoms with Gasteiger partial charge in [-0.2, -0.15) is 5.26 Å². The van der Waals surface area contributed by atoms with Gasteiger partial charge in [0.25, 0.3) is 0 Å². The van der Waals surface area contributed by atoms with Crippen LogP contribution in [-0.4, -0.2) is 18.0 Å². The Balaban J connectivity index is 2.26. The topological polar surface area (TPSA) is 47.2 Å². The Morgan fingerprint density at radius 3 is 2.96 bits per heavy atom. The Morgan fingerprint density at radius 2 is 2.30 bits per heavy atom. The van der Waals surface area contributed by atoms with Crippen LogP contribution in [0.4, 0.5) is 4.39 Å². The number of ether oxygens (including phenoxy) is 2. The van der Waals surface area contributed by atoms with Gasteiger partial charge in [0.2, 0.25) is 0 Å². The average molecular weight is 312 g/mol. The molecular formula is C18H17FN2O2. The van der Waals surface area contributed by atoms with Crippen LogP contribution in [0.1, 0.15) is 24.6 Å². The smallest absolute Gasteiger partial charge is 0.189 e. The quantitative estimate of drug-likeness (QED) is 0.857. The van der Waals surface area contributed by atoms with Crippen molar-refractivity contribution >= 4 is 16.6 Å². The molecular weight excluding hydrogens is 295 g/mol. The number of benzene rings is 1. The van der Waals surface area contributed by atoms with Crippen LogP contribution in [-0.2, 0) is 9.47 Å². The Labute approximate surface area is 134 Å². The van der Waals surface area contributed by atoms with Gasteiger partial charge in [0.1, 0.15) is 24.3 Å². The summed E-state index contributed by atoms with van der Waals surface area (Å²) >= 11 is 0. The number of hydrogen-bond acceptors (Lipinski definition) is 3. The standard InChI is InChI=1S/C18H17FN2O2/c1-3-4-14(8-15-10-22-11-23-15)21-12(2)17(9-20)16-6-5-13(19)7-18(16)21/h4-8H,3,10-11H2,1-2H3/b14-4+,15-8+. The summed E-state index contributed by atoms with van der Waals surface area (Å²) in [6.45, 7) is 4.55. The van der Waals surface area contributed by atoms with E-state index in [-0.39, 0.29) is 12.6 Å². The maximum Gasteiger partial charge on any atom is 0.189 e. The molecule has 118 valence electrons. The van der Waals surface area contributed by atoms with Crippen molar-refractivity contribution in [1.82, 2.24) is 4.57 Å². The number of aromatic nitrogens is 1. The highest BCUT2D eigenvalue weighted by Crippen LogP contribution is 2.30. The van der Waals surface area contributed by atoms with Gasteiger partial charge >= 0.3 is 0 Å². The third-order valence-corrected chi connectivity index (χ3v) is 3.83. The van der Waals surface area contributed by atoms with Crippen LogP contribution < -0.4 is 0 Å². The zero-order valence-electron chi connectivity index (χ0n) is 13.1. The van der Waals surface area contributed by atoms with Gasteiger partial charge in [-0.15, -0.1) is 0 Å². The molecule has 1 aromatic carbocycles. The van der Waals surface area contributed by atoms with E-state index >= 15 is 0 Å². The predicted molar refractivity (Wildman–Crippen MR) is 85.9 cm³/mol. The van der Waals surface area contributed by atoms with E-state index in [1.807, 2.05) is 30.6 Å². The van der Waals surface area contributed by atoms with Gasteiger partial charge in [-0.25, -0.2) is 4.39 Å². The Hall–Kier alpha value is -2.58. The van der Waals surface area contributed by atoms with Crippen LogP contribution in [0.15, 0.2) is 36.1 Å². The molecule has 0 spiro atoms. The van der Waals surface area contributed by atoms with E-state index in [1.54, 1.807) is 6.07 Å². The van der Waals surface area contributed by atoms with Crippen molar-refractivity contribution in [1.29, 1.82) is 5.26 Å². The number of nitrogens with zero attached hydrogens (tertiary/aromatic N) is 2. The zero-order chi connectivity index (χ0) is 16.4. The third kappa shape index (κ3) is 2.73. The van der Waals surface area contributed by atoms with Crippen molar-refractivity contribution in [2.45, 2.75) is 20.3 Å². The van der Waals surface area contributed by atoms with Crippen molar-refractivity contribution < 1.29 is 13.9 Å². The number of nitriles is 1. The summed E-state index contributed by atoms with van der Waals surface area (Å²) in [6.07, 6.45) is 4.71. The van der Waals surface area contributed by atoms with E-state index in [0.29, 0.717) is 17.7 Å². The van der Waals surface area contributed by atoms with Crippen LogP contribution in [0.5, 0.6) is 0 Å². The van der Waals surface area contributed by atoms with Gasteiger partial charge in [0.05, 0.1) is 11.1 Å². The normalized spacial score (nSPS) is 16.8. The van der Waals surface area contributed by atoms with E-state index in [9.17, 15) is 9.65 Å². The largest absolute Gasteiger partial charge is 0.469 e. The lowest BCUT2D eigenvalue weighted by Gasteiger charge is -2.11. The Kier molecular flexibility index (Phi) is 4.18. The molecule has 5 heteroatoms. The molecule has 2 aromatic rings. The van der Waals surface area contributed by atoms with Crippen molar-refractivity contribution in [3.8, 4) is 6.07 Å². The average Bonchev–Trinajstić information content (AvgIpc) is 3.12. The van der Waals surface area contributed by atoms with E-state index in [0.717, 1.165) is 29.0 Å². The molecule has 2 heterocycles. The summed E-state index contributed by atoms with van der Waals surface area (Å²) in [5.74, 6) is 0.394. The first-order valence-corrected chi connectivity index (χ1v) is 7.48. The lowest BCUT2D eigenvalue weighted by Crippen LogP contribution is -2.00. The van der Waals surface area contributed by atoms with Gasteiger partial charge in [-0.05, 0) is 31.5 Å². The molecule has 3 rings (SSSR count). The molecule has 0 bridgehead atoms. The maximum absolute atomic E-state index is 13.7. The van der Waals surface area contributed by atoms with Gasteiger partial charge < -0.3 is 14.0 Å². The second-order valence-corrected chi connectivity index (χ2v) is 5.33. The predicted octanol–water partition coefficient (Wildman–Crippen LogP) is 4.10. The van der Waals surface area contributed by atoms with E-state index in [2.05, 4.69) is 6.07 Å². The minimum atomic E-state index is -0.329. The number of fused-ring (bicyclic) bond motifs is 1. The summed E-state index contributed by atoms with van der Waals surface area (Å²) in [7, 11) is 0. The van der Waals surface area contributed by atoms with Crippen LogP contribution in [0.2, 0.25) is 0 Å². The lowest BCUT2D eigenvalue weighted by atomic mass is 10.1. The SMILES string of the molecule is CC/C=C(\C=C1/COCO1)n1c(C)c(C#N)c2ccc(F)cc21. The van der Waals surface area contributed by atoms with E-state index in [4.69, 9.17) is 9.47 Å². The molecule has 0 amide bonds.